The van der Waals surface area contributed by atoms with Crippen molar-refractivity contribution in [3.8, 4) is 11.5 Å². The van der Waals surface area contributed by atoms with Gasteiger partial charge >= 0.3 is 0 Å². The van der Waals surface area contributed by atoms with Gasteiger partial charge in [-0.2, -0.15) is 0 Å². The highest BCUT2D eigenvalue weighted by atomic mass is 79.9. The summed E-state index contributed by atoms with van der Waals surface area (Å²) in [6, 6.07) is 13.2. The Morgan fingerprint density at radius 3 is 2.67 bits per heavy atom. The van der Waals surface area contributed by atoms with Crippen molar-refractivity contribution in [2.45, 2.75) is 6.92 Å². The molecule has 3 N–H and O–H groups in total. The quantitative estimate of drug-likeness (QED) is 0.668. The summed E-state index contributed by atoms with van der Waals surface area (Å²) in [5.74, 6) is 1.30. The summed E-state index contributed by atoms with van der Waals surface area (Å²) in [5.41, 5.74) is 7.24. The molecule has 3 nitrogen and oxygen atoms in total. The molecule has 2 rings (SSSR count). The molecular weight excluding hydrogens is 292 g/mol. The maximum Gasteiger partial charge on any atom is 0.138 e. The number of hydrogen-bond acceptors (Lipinski definition) is 2. The first-order chi connectivity index (χ1) is 8.56. The lowest BCUT2D eigenvalue weighted by atomic mass is 10.2. The van der Waals surface area contributed by atoms with Crippen molar-refractivity contribution >= 4 is 21.8 Å². The van der Waals surface area contributed by atoms with Gasteiger partial charge in [0.15, 0.2) is 0 Å². The van der Waals surface area contributed by atoms with Crippen molar-refractivity contribution in [3.05, 3.63) is 58.1 Å². The van der Waals surface area contributed by atoms with Crippen molar-refractivity contribution in [2.75, 3.05) is 0 Å². The average Bonchev–Trinajstić information content (AvgIpc) is 2.31. The Morgan fingerprint density at radius 2 is 2.00 bits per heavy atom. The second-order valence-electron chi connectivity index (χ2n) is 3.97. The number of benzene rings is 2. The van der Waals surface area contributed by atoms with Crippen LogP contribution < -0.4 is 10.5 Å². The van der Waals surface area contributed by atoms with Crippen LogP contribution >= 0.6 is 15.9 Å². The lowest BCUT2D eigenvalue weighted by molar-refractivity contribution is 0.481. The van der Waals surface area contributed by atoms with Crippen LogP contribution in [0, 0.1) is 12.3 Å². The molecule has 2 aromatic rings. The van der Waals surface area contributed by atoms with Crippen LogP contribution in [0.5, 0.6) is 11.5 Å². The highest BCUT2D eigenvalue weighted by molar-refractivity contribution is 9.10. The normalized spacial score (nSPS) is 10.1. The highest BCUT2D eigenvalue weighted by Gasteiger charge is 2.08. The van der Waals surface area contributed by atoms with Gasteiger partial charge in [-0.25, -0.2) is 0 Å². The lowest BCUT2D eigenvalue weighted by Crippen LogP contribution is -2.12. The largest absolute Gasteiger partial charge is 0.457 e. The van der Waals surface area contributed by atoms with Crippen LogP contribution in [0.25, 0.3) is 0 Å². The van der Waals surface area contributed by atoms with E-state index < -0.39 is 0 Å². The van der Waals surface area contributed by atoms with Crippen LogP contribution in [0.4, 0.5) is 0 Å². The van der Waals surface area contributed by atoms with E-state index in [0.717, 1.165) is 15.8 Å². The van der Waals surface area contributed by atoms with E-state index in [2.05, 4.69) is 15.9 Å². The fourth-order valence-corrected chi connectivity index (χ4v) is 1.97. The maximum atomic E-state index is 7.56. The van der Waals surface area contributed by atoms with Crippen molar-refractivity contribution in [2.24, 2.45) is 5.73 Å². The lowest BCUT2D eigenvalue weighted by Gasteiger charge is -2.11. The number of amidine groups is 1. The molecule has 0 saturated carbocycles. The molecule has 0 amide bonds. The van der Waals surface area contributed by atoms with E-state index in [-0.39, 0.29) is 5.84 Å². The molecule has 0 heterocycles. The molecule has 4 heteroatoms. The van der Waals surface area contributed by atoms with E-state index in [0.29, 0.717) is 11.3 Å². The van der Waals surface area contributed by atoms with Gasteiger partial charge in [-0.3, -0.25) is 5.41 Å². The first kappa shape index (κ1) is 12.6. The summed E-state index contributed by atoms with van der Waals surface area (Å²) < 4.78 is 6.63. The van der Waals surface area contributed by atoms with Gasteiger partial charge in [-0.15, -0.1) is 0 Å². The summed E-state index contributed by atoms with van der Waals surface area (Å²) in [4.78, 5) is 0. The average molecular weight is 305 g/mol. The molecule has 92 valence electrons. The number of ether oxygens (including phenoxy) is 1. The maximum absolute atomic E-state index is 7.56. The summed E-state index contributed by atoms with van der Waals surface area (Å²) in [7, 11) is 0. The zero-order chi connectivity index (χ0) is 13.1. The van der Waals surface area contributed by atoms with Gasteiger partial charge < -0.3 is 10.5 Å². The topological polar surface area (TPSA) is 59.1 Å². The summed E-state index contributed by atoms with van der Waals surface area (Å²) >= 11 is 3.35. The minimum Gasteiger partial charge on any atom is -0.457 e. The third-order valence-electron chi connectivity index (χ3n) is 2.45. The Balaban J connectivity index is 2.37. The second-order valence-corrected chi connectivity index (χ2v) is 4.89. The minimum absolute atomic E-state index is 0.0149. The molecule has 2 aromatic carbocycles. The Hall–Kier alpha value is -1.81. The standard InChI is InChI=1S/C14H13BrN2O/c1-9-3-2-4-11(7-9)18-13-6-5-10(15)8-12(13)14(16)17/h2-8H,1H3,(H3,16,17). The predicted octanol–water partition coefficient (Wildman–Crippen LogP) is 3.83. The molecular formula is C14H13BrN2O. The summed E-state index contributed by atoms with van der Waals surface area (Å²) in [6.07, 6.45) is 0. The van der Waals surface area contributed by atoms with Crippen molar-refractivity contribution in [3.63, 3.8) is 0 Å². The summed E-state index contributed by atoms with van der Waals surface area (Å²) in [5, 5.41) is 7.56. The Bertz CT molecular complexity index is 596. The molecule has 0 aliphatic heterocycles. The molecule has 0 aliphatic carbocycles. The molecule has 0 aliphatic rings. The molecule has 0 aromatic heterocycles. The van der Waals surface area contributed by atoms with Crippen LogP contribution in [-0.4, -0.2) is 5.84 Å². The van der Waals surface area contributed by atoms with Crippen LogP contribution in [0.3, 0.4) is 0 Å². The Kier molecular flexibility index (Phi) is 3.67. The Morgan fingerprint density at radius 1 is 1.22 bits per heavy atom. The van der Waals surface area contributed by atoms with Crippen LogP contribution in [0.2, 0.25) is 0 Å². The number of halogens is 1. The second kappa shape index (κ2) is 5.23. The highest BCUT2D eigenvalue weighted by Crippen LogP contribution is 2.28. The fourth-order valence-electron chi connectivity index (χ4n) is 1.61. The zero-order valence-corrected chi connectivity index (χ0v) is 11.5. The van der Waals surface area contributed by atoms with Crippen LogP contribution in [0.1, 0.15) is 11.1 Å². The third kappa shape index (κ3) is 2.90. The first-order valence-electron chi connectivity index (χ1n) is 5.45. The number of rotatable bonds is 3. The smallest absolute Gasteiger partial charge is 0.138 e. The van der Waals surface area contributed by atoms with E-state index in [4.69, 9.17) is 15.9 Å². The Labute approximate surface area is 114 Å². The molecule has 0 unspecified atom stereocenters. The molecule has 0 bridgehead atoms. The van der Waals surface area contributed by atoms with Gasteiger partial charge in [0.25, 0.3) is 0 Å². The predicted molar refractivity (Wildman–Crippen MR) is 76.4 cm³/mol. The molecule has 0 atom stereocenters. The fraction of sp³-hybridized carbons (Fsp3) is 0.0714. The van der Waals surface area contributed by atoms with E-state index >= 15 is 0 Å². The number of nitrogen functional groups attached to an aromatic ring is 1. The van der Waals surface area contributed by atoms with E-state index in [9.17, 15) is 0 Å². The number of nitrogens with two attached hydrogens (primary N) is 1. The van der Waals surface area contributed by atoms with Gasteiger partial charge in [0, 0.05) is 4.47 Å². The van der Waals surface area contributed by atoms with Crippen molar-refractivity contribution in [1.82, 2.24) is 0 Å². The molecule has 18 heavy (non-hydrogen) atoms. The van der Waals surface area contributed by atoms with Gasteiger partial charge in [0.1, 0.15) is 17.3 Å². The van der Waals surface area contributed by atoms with Crippen LogP contribution in [0.15, 0.2) is 46.9 Å². The summed E-state index contributed by atoms with van der Waals surface area (Å²) in [6.45, 7) is 2.00. The molecule has 0 radical (unpaired) electrons. The number of nitrogens with one attached hydrogen (secondary N) is 1. The molecule has 0 fully saturated rings. The third-order valence-corrected chi connectivity index (χ3v) is 2.94. The SMILES string of the molecule is Cc1cccc(Oc2ccc(Br)cc2C(=N)N)c1. The van der Waals surface area contributed by atoms with E-state index in [1.54, 1.807) is 12.1 Å². The molecule has 0 saturated heterocycles. The minimum atomic E-state index is -0.0149. The monoisotopic (exact) mass is 304 g/mol. The van der Waals surface area contributed by atoms with Crippen molar-refractivity contribution in [1.29, 1.82) is 5.41 Å². The van der Waals surface area contributed by atoms with Gasteiger partial charge in [0.2, 0.25) is 0 Å². The van der Waals surface area contributed by atoms with Gasteiger partial charge in [-0.1, -0.05) is 28.1 Å². The van der Waals surface area contributed by atoms with E-state index in [1.807, 2.05) is 37.3 Å². The van der Waals surface area contributed by atoms with Crippen LogP contribution in [-0.2, 0) is 0 Å². The first-order valence-corrected chi connectivity index (χ1v) is 6.24. The molecule has 0 spiro atoms. The number of hydrogen-bond donors (Lipinski definition) is 2. The van der Waals surface area contributed by atoms with E-state index in [1.165, 1.54) is 0 Å². The van der Waals surface area contributed by atoms with Gasteiger partial charge in [0.05, 0.1) is 5.56 Å². The number of aryl methyl sites for hydroxylation is 1. The van der Waals surface area contributed by atoms with Gasteiger partial charge in [-0.05, 0) is 42.8 Å². The zero-order valence-electron chi connectivity index (χ0n) is 9.91. The van der Waals surface area contributed by atoms with Crippen molar-refractivity contribution < 1.29 is 4.74 Å².